The van der Waals surface area contributed by atoms with Gasteiger partial charge in [-0.3, -0.25) is 4.79 Å². The number of hydrogen-bond acceptors (Lipinski definition) is 3. The van der Waals surface area contributed by atoms with E-state index in [2.05, 4.69) is 10.3 Å². The predicted molar refractivity (Wildman–Crippen MR) is 82.7 cm³/mol. The molecule has 0 aliphatic carbocycles. The molecule has 3 rings (SSSR count). The number of nitrogens with one attached hydrogen (secondary N) is 1. The van der Waals surface area contributed by atoms with E-state index in [0.717, 1.165) is 17.2 Å². The number of ether oxygens (including phenoxy) is 1. The maximum atomic E-state index is 12.6. The molecule has 110 valence electrons. The van der Waals surface area contributed by atoms with Crippen LogP contribution in [0.2, 0.25) is 5.15 Å². The summed E-state index contributed by atoms with van der Waals surface area (Å²) < 4.78 is 5.56. The zero-order valence-electron chi connectivity index (χ0n) is 12.0. The molecule has 0 spiro atoms. The van der Waals surface area contributed by atoms with Crippen LogP contribution in [0.15, 0.2) is 30.5 Å². The minimum atomic E-state index is -0.349. The Bertz CT molecular complexity index is 704. The van der Waals surface area contributed by atoms with Crippen molar-refractivity contribution in [2.24, 2.45) is 0 Å². The molecule has 1 aliphatic heterocycles. The van der Waals surface area contributed by atoms with E-state index in [9.17, 15) is 4.79 Å². The summed E-state index contributed by atoms with van der Waals surface area (Å²) in [7, 11) is 0. The standard InChI is InChI=1S/C16H17ClN2O2/c1-10-16(2,7-8-21-10)19-15(20)13-9-18-14(17)12-6-4-3-5-11(12)13/h3-6,9-10H,7-8H2,1-2H3,(H,19,20). The van der Waals surface area contributed by atoms with E-state index in [4.69, 9.17) is 16.3 Å². The van der Waals surface area contributed by atoms with Gasteiger partial charge in [0, 0.05) is 18.2 Å². The maximum absolute atomic E-state index is 12.6. The Hall–Kier alpha value is -1.65. The number of aromatic nitrogens is 1. The Balaban J connectivity index is 1.97. The van der Waals surface area contributed by atoms with E-state index in [-0.39, 0.29) is 17.6 Å². The molecule has 5 heteroatoms. The summed E-state index contributed by atoms with van der Waals surface area (Å²) in [6.45, 7) is 4.65. The number of rotatable bonds is 2. The fraction of sp³-hybridized carbons (Fsp3) is 0.375. The summed E-state index contributed by atoms with van der Waals surface area (Å²) >= 11 is 6.09. The maximum Gasteiger partial charge on any atom is 0.253 e. The van der Waals surface area contributed by atoms with Crippen molar-refractivity contribution in [1.82, 2.24) is 10.3 Å². The third-order valence-electron chi connectivity index (χ3n) is 4.28. The average Bonchev–Trinajstić information content (AvgIpc) is 2.79. The minimum Gasteiger partial charge on any atom is -0.376 e. The molecule has 1 amide bonds. The van der Waals surface area contributed by atoms with Crippen molar-refractivity contribution < 1.29 is 9.53 Å². The van der Waals surface area contributed by atoms with Crippen LogP contribution in [-0.4, -0.2) is 29.1 Å². The van der Waals surface area contributed by atoms with E-state index < -0.39 is 0 Å². The number of benzene rings is 1. The van der Waals surface area contributed by atoms with Crippen LogP contribution in [0.25, 0.3) is 10.8 Å². The number of amides is 1. The van der Waals surface area contributed by atoms with Crippen molar-refractivity contribution in [3.8, 4) is 0 Å². The van der Waals surface area contributed by atoms with E-state index in [1.807, 2.05) is 38.1 Å². The highest BCUT2D eigenvalue weighted by Gasteiger charge is 2.38. The first-order valence-electron chi connectivity index (χ1n) is 6.98. The summed E-state index contributed by atoms with van der Waals surface area (Å²) in [6, 6.07) is 7.52. The van der Waals surface area contributed by atoms with Gasteiger partial charge in [0.05, 0.1) is 17.2 Å². The van der Waals surface area contributed by atoms with E-state index in [1.54, 1.807) is 0 Å². The lowest BCUT2D eigenvalue weighted by Gasteiger charge is -2.29. The van der Waals surface area contributed by atoms with Gasteiger partial charge in [-0.05, 0) is 25.7 Å². The molecule has 1 fully saturated rings. The van der Waals surface area contributed by atoms with Gasteiger partial charge in [0.15, 0.2) is 0 Å². The highest BCUT2D eigenvalue weighted by molar-refractivity contribution is 6.34. The second-order valence-corrected chi connectivity index (χ2v) is 6.00. The number of pyridine rings is 1. The summed E-state index contributed by atoms with van der Waals surface area (Å²) in [5, 5.41) is 5.09. The predicted octanol–water partition coefficient (Wildman–Crippen LogP) is 3.19. The molecule has 1 saturated heterocycles. The first-order valence-corrected chi connectivity index (χ1v) is 7.36. The Morgan fingerprint density at radius 2 is 2.14 bits per heavy atom. The Labute approximate surface area is 128 Å². The van der Waals surface area contributed by atoms with Crippen molar-refractivity contribution in [3.05, 3.63) is 41.2 Å². The second-order valence-electron chi connectivity index (χ2n) is 5.64. The van der Waals surface area contributed by atoms with Crippen molar-refractivity contribution in [2.45, 2.75) is 31.9 Å². The van der Waals surface area contributed by atoms with Crippen LogP contribution in [0.4, 0.5) is 0 Å². The number of halogens is 1. The van der Waals surface area contributed by atoms with Gasteiger partial charge in [0.25, 0.3) is 5.91 Å². The summed E-state index contributed by atoms with van der Waals surface area (Å²) in [5.74, 6) is -0.143. The SMILES string of the molecule is CC1OCCC1(C)NC(=O)c1cnc(Cl)c2ccccc12. The lowest BCUT2D eigenvalue weighted by Crippen LogP contribution is -2.50. The molecule has 2 atom stereocenters. The number of carbonyl (C=O) groups is 1. The molecule has 4 nitrogen and oxygen atoms in total. The molecule has 1 aliphatic rings. The van der Waals surface area contributed by atoms with Gasteiger partial charge in [-0.15, -0.1) is 0 Å². The largest absolute Gasteiger partial charge is 0.376 e. The highest BCUT2D eigenvalue weighted by atomic mass is 35.5. The van der Waals surface area contributed by atoms with Crippen LogP contribution in [0.1, 0.15) is 30.6 Å². The second kappa shape index (κ2) is 5.28. The van der Waals surface area contributed by atoms with Gasteiger partial charge >= 0.3 is 0 Å². The number of nitrogens with zero attached hydrogens (tertiary/aromatic N) is 1. The zero-order chi connectivity index (χ0) is 15.0. The molecular formula is C16H17ClN2O2. The Morgan fingerprint density at radius 3 is 2.81 bits per heavy atom. The van der Waals surface area contributed by atoms with Gasteiger partial charge in [-0.2, -0.15) is 0 Å². The van der Waals surface area contributed by atoms with Crippen molar-refractivity contribution in [1.29, 1.82) is 0 Å². The van der Waals surface area contributed by atoms with Crippen LogP contribution in [-0.2, 0) is 4.74 Å². The summed E-state index contributed by atoms with van der Waals surface area (Å²) in [5.41, 5.74) is 0.188. The quantitative estimate of drug-likeness (QED) is 0.867. The van der Waals surface area contributed by atoms with Crippen LogP contribution < -0.4 is 5.32 Å². The molecule has 2 aromatic rings. The average molecular weight is 305 g/mol. The van der Waals surface area contributed by atoms with Gasteiger partial charge in [-0.25, -0.2) is 4.98 Å². The number of carbonyl (C=O) groups excluding carboxylic acids is 1. The Morgan fingerprint density at radius 1 is 1.43 bits per heavy atom. The van der Waals surface area contributed by atoms with E-state index in [1.165, 1.54) is 6.20 Å². The topological polar surface area (TPSA) is 51.2 Å². The van der Waals surface area contributed by atoms with Gasteiger partial charge in [0.1, 0.15) is 5.15 Å². The van der Waals surface area contributed by atoms with E-state index >= 15 is 0 Å². The summed E-state index contributed by atoms with van der Waals surface area (Å²) in [6.07, 6.45) is 2.33. The van der Waals surface area contributed by atoms with Crippen LogP contribution >= 0.6 is 11.6 Å². The molecule has 0 saturated carbocycles. The minimum absolute atomic E-state index is 0.00651. The molecule has 21 heavy (non-hydrogen) atoms. The smallest absolute Gasteiger partial charge is 0.253 e. The molecule has 1 aromatic carbocycles. The van der Waals surface area contributed by atoms with Crippen molar-refractivity contribution in [3.63, 3.8) is 0 Å². The molecule has 2 heterocycles. The Kier molecular flexibility index (Phi) is 3.59. The molecule has 1 N–H and O–H groups in total. The molecule has 2 unspecified atom stereocenters. The normalized spacial score (nSPS) is 25.2. The summed E-state index contributed by atoms with van der Waals surface area (Å²) in [4.78, 5) is 16.7. The van der Waals surface area contributed by atoms with Crippen LogP contribution in [0.5, 0.6) is 0 Å². The van der Waals surface area contributed by atoms with Crippen LogP contribution in [0, 0.1) is 0 Å². The fourth-order valence-electron chi connectivity index (χ4n) is 2.66. The third kappa shape index (κ3) is 2.49. The molecule has 0 bridgehead atoms. The monoisotopic (exact) mass is 304 g/mol. The molecular weight excluding hydrogens is 288 g/mol. The van der Waals surface area contributed by atoms with Gasteiger partial charge in [-0.1, -0.05) is 35.9 Å². The van der Waals surface area contributed by atoms with Gasteiger partial charge < -0.3 is 10.1 Å². The lowest BCUT2D eigenvalue weighted by atomic mass is 9.94. The fourth-order valence-corrected chi connectivity index (χ4v) is 2.88. The first-order chi connectivity index (χ1) is 10.0. The van der Waals surface area contributed by atoms with Crippen molar-refractivity contribution in [2.75, 3.05) is 6.61 Å². The lowest BCUT2D eigenvalue weighted by molar-refractivity contribution is 0.0728. The zero-order valence-corrected chi connectivity index (χ0v) is 12.8. The highest BCUT2D eigenvalue weighted by Crippen LogP contribution is 2.28. The van der Waals surface area contributed by atoms with Crippen molar-refractivity contribution >= 4 is 28.3 Å². The van der Waals surface area contributed by atoms with Gasteiger partial charge in [0.2, 0.25) is 0 Å². The molecule has 1 aromatic heterocycles. The number of fused-ring (bicyclic) bond motifs is 1. The molecule has 0 radical (unpaired) electrons. The first kappa shape index (κ1) is 14.3. The third-order valence-corrected chi connectivity index (χ3v) is 4.58. The van der Waals surface area contributed by atoms with E-state index in [0.29, 0.717) is 17.3 Å². The number of hydrogen-bond donors (Lipinski definition) is 1. The van der Waals surface area contributed by atoms with Crippen LogP contribution in [0.3, 0.4) is 0 Å².